The summed E-state index contributed by atoms with van der Waals surface area (Å²) in [5.41, 5.74) is 9.30. The summed E-state index contributed by atoms with van der Waals surface area (Å²) in [6.07, 6.45) is -0.743. The van der Waals surface area contributed by atoms with Crippen LogP contribution in [0.3, 0.4) is 0 Å². The van der Waals surface area contributed by atoms with E-state index in [1.807, 2.05) is 75.4 Å². The van der Waals surface area contributed by atoms with Gasteiger partial charge in [-0.2, -0.15) is 0 Å². The summed E-state index contributed by atoms with van der Waals surface area (Å²) >= 11 is 0. The molecular formula is C28H32N2O5. The van der Waals surface area contributed by atoms with Crippen LogP contribution in [-0.2, 0) is 11.2 Å². The summed E-state index contributed by atoms with van der Waals surface area (Å²) in [7, 11) is 0. The largest absolute Gasteiger partial charge is 0.478 e. The van der Waals surface area contributed by atoms with Crippen LogP contribution in [0.4, 0.5) is 10.5 Å². The normalized spacial score (nSPS) is 12.1. The van der Waals surface area contributed by atoms with Gasteiger partial charge in [-0.3, -0.25) is 0 Å². The van der Waals surface area contributed by atoms with Crippen molar-refractivity contribution in [1.29, 1.82) is 0 Å². The molecule has 3 rings (SSSR count). The number of rotatable bonds is 8. The average Bonchev–Trinajstić information content (AvgIpc) is 2.81. The van der Waals surface area contributed by atoms with Crippen molar-refractivity contribution in [2.45, 2.75) is 38.9 Å². The third-order valence-corrected chi connectivity index (χ3v) is 5.46. The maximum absolute atomic E-state index is 12.8. The molecule has 184 valence electrons. The zero-order chi connectivity index (χ0) is 25.6. The molecule has 0 aliphatic heterocycles. The first-order valence-electron chi connectivity index (χ1n) is 11.5. The standard InChI is InChI=1S/C28H32N2O5/c1-28(2,3)35-27(34)30(18-25(31)21-7-5-4-6-8-21)16-15-19-9-11-20(12-10-19)23-14-13-22(26(32)33)17-24(23)29/h4-14,17,25,31H,15-16,18,29H2,1-3H3,(H,32,33)/t25-/m1/s1. The molecule has 1 amide bonds. The van der Waals surface area contributed by atoms with Gasteiger partial charge in [-0.05, 0) is 56.0 Å². The highest BCUT2D eigenvalue weighted by atomic mass is 16.6. The minimum absolute atomic E-state index is 0.115. The van der Waals surface area contributed by atoms with E-state index >= 15 is 0 Å². The molecule has 0 heterocycles. The zero-order valence-electron chi connectivity index (χ0n) is 20.3. The summed E-state index contributed by atoms with van der Waals surface area (Å²) in [5, 5.41) is 19.8. The minimum atomic E-state index is -1.02. The van der Waals surface area contributed by atoms with E-state index in [0.717, 1.165) is 22.3 Å². The number of aromatic carboxylic acids is 1. The Morgan fingerprint density at radius 2 is 1.66 bits per heavy atom. The van der Waals surface area contributed by atoms with Gasteiger partial charge in [0.2, 0.25) is 0 Å². The van der Waals surface area contributed by atoms with Crippen molar-refractivity contribution < 1.29 is 24.5 Å². The molecule has 7 heteroatoms. The Bertz CT molecular complexity index is 1150. The zero-order valence-corrected chi connectivity index (χ0v) is 20.3. The SMILES string of the molecule is CC(C)(C)OC(=O)N(CCc1ccc(-c2ccc(C(=O)O)cc2N)cc1)C[C@@H](O)c1ccccc1. The molecule has 4 N–H and O–H groups in total. The minimum Gasteiger partial charge on any atom is -0.478 e. The van der Waals surface area contributed by atoms with E-state index < -0.39 is 23.8 Å². The summed E-state index contributed by atoms with van der Waals surface area (Å²) < 4.78 is 5.56. The number of nitrogens with zero attached hydrogens (tertiary/aromatic N) is 1. The molecule has 0 aromatic heterocycles. The van der Waals surface area contributed by atoms with E-state index in [9.17, 15) is 14.7 Å². The maximum atomic E-state index is 12.8. The first kappa shape index (κ1) is 25.8. The Morgan fingerprint density at radius 1 is 1.00 bits per heavy atom. The smallest absolute Gasteiger partial charge is 0.410 e. The number of nitrogen functional groups attached to an aromatic ring is 1. The molecule has 7 nitrogen and oxygen atoms in total. The Kier molecular flexibility index (Phi) is 8.14. The first-order valence-corrected chi connectivity index (χ1v) is 11.5. The molecule has 0 fully saturated rings. The second-order valence-corrected chi connectivity index (χ2v) is 9.41. The molecule has 35 heavy (non-hydrogen) atoms. The highest BCUT2D eigenvalue weighted by molar-refractivity contribution is 5.91. The van der Waals surface area contributed by atoms with E-state index in [1.165, 1.54) is 17.0 Å². The van der Waals surface area contributed by atoms with Crippen LogP contribution in [0.25, 0.3) is 11.1 Å². The summed E-state index contributed by atoms with van der Waals surface area (Å²) in [5.74, 6) is -1.02. The Labute approximate surface area is 205 Å². The summed E-state index contributed by atoms with van der Waals surface area (Å²) in [4.78, 5) is 25.5. The van der Waals surface area contributed by atoms with Gasteiger partial charge in [0.15, 0.2) is 0 Å². The highest BCUT2D eigenvalue weighted by Crippen LogP contribution is 2.27. The lowest BCUT2D eigenvalue weighted by molar-refractivity contribution is 0.0147. The molecule has 0 aliphatic rings. The van der Waals surface area contributed by atoms with Gasteiger partial charge < -0.3 is 25.6 Å². The lowest BCUT2D eigenvalue weighted by atomic mass is 9.99. The number of hydrogen-bond donors (Lipinski definition) is 3. The molecule has 3 aromatic carbocycles. The third-order valence-electron chi connectivity index (χ3n) is 5.46. The van der Waals surface area contributed by atoms with E-state index in [0.29, 0.717) is 18.7 Å². The van der Waals surface area contributed by atoms with Gasteiger partial charge in [-0.25, -0.2) is 9.59 Å². The Balaban J connectivity index is 1.71. The average molecular weight is 477 g/mol. The second-order valence-electron chi connectivity index (χ2n) is 9.41. The first-order chi connectivity index (χ1) is 16.5. The van der Waals surface area contributed by atoms with Crippen LogP contribution in [0.1, 0.15) is 48.4 Å². The fourth-order valence-electron chi connectivity index (χ4n) is 3.65. The number of aliphatic hydroxyl groups is 1. The van der Waals surface area contributed by atoms with Crippen LogP contribution in [-0.4, -0.2) is 45.9 Å². The van der Waals surface area contributed by atoms with Crippen LogP contribution in [0, 0.1) is 0 Å². The van der Waals surface area contributed by atoms with Gasteiger partial charge in [0.1, 0.15) is 5.60 Å². The second kappa shape index (κ2) is 11.1. The van der Waals surface area contributed by atoms with Crippen LogP contribution in [0.15, 0.2) is 72.8 Å². The lowest BCUT2D eigenvalue weighted by Crippen LogP contribution is -2.40. The van der Waals surface area contributed by atoms with Crippen LogP contribution in [0.5, 0.6) is 0 Å². The van der Waals surface area contributed by atoms with Crippen molar-refractivity contribution in [3.8, 4) is 11.1 Å². The highest BCUT2D eigenvalue weighted by Gasteiger charge is 2.24. The summed E-state index contributed by atoms with van der Waals surface area (Å²) in [6, 6.07) is 21.6. The maximum Gasteiger partial charge on any atom is 0.410 e. The predicted molar refractivity (Wildman–Crippen MR) is 136 cm³/mol. The molecule has 0 spiro atoms. The number of anilines is 1. The van der Waals surface area contributed by atoms with Gasteiger partial charge in [-0.1, -0.05) is 60.7 Å². The van der Waals surface area contributed by atoms with Crippen molar-refractivity contribution in [2.75, 3.05) is 18.8 Å². The van der Waals surface area contributed by atoms with Crippen molar-refractivity contribution in [1.82, 2.24) is 4.90 Å². The molecule has 0 radical (unpaired) electrons. The molecule has 3 aromatic rings. The molecular weight excluding hydrogens is 444 g/mol. The number of carboxylic acid groups (broad SMARTS) is 1. The molecule has 0 saturated carbocycles. The van der Waals surface area contributed by atoms with E-state index in [4.69, 9.17) is 15.6 Å². The van der Waals surface area contributed by atoms with Crippen molar-refractivity contribution in [2.24, 2.45) is 0 Å². The lowest BCUT2D eigenvalue weighted by Gasteiger charge is -2.29. The quantitative estimate of drug-likeness (QED) is 0.388. The molecule has 0 bridgehead atoms. The van der Waals surface area contributed by atoms with Crippen LogP contribution < -0.4 is 5.73 Å². The number of hydrogen-bond acceptors (Lipinski definition) is 5. The van der Waals surface area contributed by atoms with Gasteiger partial charge in [0.25, 0.3) is 0 Å². The van der Waals surface area contributed by atoms with Gasteiger partial charge in [0, 0.05) is 17.8 Å². The molecule has 1 atom stereocenters. The number of carbonyl (C=O) groups excluding carboxylic acids is 1. The van der Waals surface area contributed by atoms with Gasteiger partial charge in [-0.15, -0.1) is 0 Å². The van der Waals surface area contributed by atoms with E-state index in [2.05, 4.69) is 0 Å². The van der Waals surface area contributed by atoms with E-state index in [-0.39, 0.29) is 12.1 Å². The van der Waals surface area contributed by atoms with Crippen LogP contribution >= 0.6 is 0 Å². The van der Waals surface area contributed by atoms with Crippen molar-refractivity contribution in [3.05, 3.63) is 89.5 Å². The number of carbonyl (C=O) groups is 2. The van der Waals surface area contributed by atoms with Crippen LogP contribution in [0.2, 0.25) is 0 Å². The Morgan fingerprint density at radius 3 is 2.23 bits per heavy atom. The van der Waals surface area contributed by atoms with Gasteiger partial charge >= 0.3 is 12.1 Å². The number of ether oxygens (including phenoxy) is 1. The topological polar surface area (TPSA) is 113 Å². The fourth-order valence-corrected chi connectivity index (χ4v) is 3.65. The number of benzene rings is 3. The molecule has 0 saturated heterocycles. The number of carboxylic acids is 1. The third kappa shape index (κ3) is 7.32. The Hall–Kier alpha value is -3.84. The molecule has 0 aliphatic carbocycles. The number of aliphatic hydroxyl groups excluding tert-OH is 1. The monoisotopic (exact) mass is 476 g/mol. The molecule has 0 unspecified atom stereocenters. The van der Waals surface area contributed by atoms with Gasteiger partial charge in [0.05, 0.1) is 18.2 Å². The van der Waals surface area contributed by atoms with Crippen molar-refractivity contribution in [3.63, 3.8) is 0 Å². The predicted octanol–water partition coefficient (Wildman–Crippen LogP) is 5.15. The number of nitrogens with two attached hydrogens (primary N) is 1. The van der Waals surface area contributed by atoms with Crippen molar-refractivity contribution >= 4 is 17.7 Å². The number of amides is 1. The summed E-state index contributed by atoms with van der Waals surface area (Å²) in [6.45, 7) is 5.91. The van der Waals surface area contributed by atoms with E-state index in [1.54, 1.807) is 6.07 Å². The fraction of sp³-hybridized carbons (Fsp3) is 0.286.